The van der Waals surface area contributed by atoms with Crippen molar-refractivity contribution in [2.75, 3.05) is 0 Å². The molecule has 222 valence electrons. The molecule has 0 radical (unpaired) electrons. The standard InChI is InChI=1S/C34H38O8/c1-22-9-7-8-12-24(22)21-40-28(37)15-17-33(3)30-25(35)19-32(2)26(13-14-27(32)36)34(30,18-16-29(38)42-33)31(39)41-20-23-10-5-4-6-11-23/h4-12,26,30H,13-21H2,1-3H3/t26?,30?,32-,33+,34?/m0/s1. The van der Waals surface area contributed by atoms with E-state index >= 15 is 0 Å². The van der Waals surface area contributed by atoms with Gasteiger partial charge in [-0.2, -0.15) is 0 Å². The van der Waals surface area contributed by atoms with Gasteiger partial charge in [-0.05, 0) is 55.7 Å². The maximum Gasteiger partial charge on any atom is 0.313 e. The number of fused-ring (bicyclic) bond motifs is 3. The summed E-state index contributed by atoms with van der Waals surface area (Å²) in [7, 11) is 0. The van der Waals surface area contributed by atoms with E-state index in [1.165, 1.54) is 0 Å². The highest BCUT2D eigenvalue weighted by molar-refractivity contribution is 6.00. The molecule has 2 aliphatic carbocycles. The highest BCUT2D eigenvalue weighted by atomic mass is 16.6. The Kier molecular flexibility index (Phi) is 8.10. The summed E-state index contributed by atoms with van der Waals surface area (Å²) >= 11 is 0. The summed E-state index contributed by atoms with van der Waals surface area (Å²) in [4.78, 5) is 67.5. The van der Waals surface area contributed by atoms with Gasteiger partial charge in [0.05, 0.1) is 11.3 Å². The van der Waals surface area contributed by atoms with Gasteiger partial charge >= 0.3 is 17.9 Å². The molecule has 0 bridgehead atoms. The van der Waals surface area contributed by atoms with E-state index in [1.54, 1.807) is 13.8 Å². The summed E-state index contributed by atoms with van der Waals surface area (Å²) in [6.07, 6.45) is 0.449. The Morgan fingerprint density at radius 1 is 0.929 bits per heavy atom. The summed E-state index contributed by atoms with van der Waals surface area (Å²) in [5, 5.41) is 0. The van der Waals surface area contributed by atoms with Crippen LogP contribution in [0.1, 0.15) is 75.5 Å². The number of carbonyl (C=O) groups is 5. The Labute approximate surface area is 246 Å². The average Bonchev–Trinajstić information content (AvgIpc) is 3.19. The van der Waals surface area contributed by atoms with Gasteiger partial charge in [-0.15, -0.1) is 0 Å². The number of hydrogen-bond donors (Lipinski definition) is 0. The maximum absolute atomic E-state index is 14.3. The summed E-state index contributed by atoms with van der Waals surface area (Å²) in [6.45, 7) is 5.42. The number of rotatable bonds is 8. The Morgan fingerprint density at radius 3 is 2.38 bits per heavy atom. The number of benzene rings is 2. The predicted octanol–water partition coefficient (Wildman–Crippen LogP) is 5.22. The molecule has 2 aromatic rings. The number of Topliss-reactive ketones (excluding diaryl/α,β-unsaturated/α-hetero) is 2. The Balaban J connectivity index is 1.45. The molecule has 3 fully saturated rings. The van der Waals surface area contributed by atoms with Gasteiger partial charge in [-0.3, -0.25) is 24.0 Å². The van der Waals surface area contributed by atoms with E-state index in [9.17, 15) is 24.0 Å². The maximum atomic E-state index is 14.3. The van der Waals surface area contributed by atoms with Crippen LogP contribution in [-0.4, -0.2) is 35.1 Å². The first kappa shape index (κ1) is 29.7. The highest BCUT2D eigenvalue weighted by Gasteiger charge is 2.72. The Morgan fingerprint density at radius 2 is 1.64 bits per heavy atom. The molecule has 2 saturated carbocycles. The lowest BCUT2D eigenvalue weighted by Crippen LogP contribution is -2.63. The van der Waals surface area contributed by atoms with Crippen LogP contribution < -0.4 is 0 Å². The van der Waals surface area contributed by atoms with Crippen molar-refractivity contribution in [2.45, 2.75) is 84.5 Å². The normalized spacial score (nSPS) is 30.5. The lowest BCUT2D eigenvalue weighted by atomic mass is 9.47. The zero-order valence-corrected chi connectivity index (χ0v) is 24.5. The third kappa shape index (κ3) is 5.27. The largest absolute Gasteiger partial charge is 0.461 e. The van der Waals surface area contributed by atoms with Crippen molar-refractivity contribution < 1.29 is 38.2 Å². The molecule has 1 heterocycles. The van der Waals surface area contributed by atoms with Crippen molar-refractivity contribution in [1.29, 1.82) is 0 Å². The summed E-state index contributed by atoms with van der Waals surface area (Å²) < 4.78 is 17.4. The molecule has 3 aliphatic rings. The van der Waals surface area contributed by atoms with E-state index in [1.807, 2.05) is 61.5 Å². The molecule has 2 aromatic carbocycles. The van der Waals surface area contributed by atoms with Crippen molar-refractivity contribution in [1.82, 2.24) is 0 Å². The number of esters is 3. The zero-order chi connectivity index (χ0) is 30.1. The summed E-state index contributed by atoms with van der Waals surface area (Å²) in [5.41, 5.74) is -1.28. The first-order valence-corrected chi connectivity index (χ1v) is 14.7. The number of hydrogen-bond acceptors (Lipinski definition) is 8. The van der Waals surface area contributed by atoms with Gasteiger partial charge in [-0.1, -0.05) is 61.5 Å². The van der Waals surface area contributed by atoms with Crippen LogP contribution >= 0.6 is 0 Å². The number of cyclic esters (lactones) is 1. The minimum atomic E-state index is -1.47. The van der Waals surface area contributed by atoms with Crippen LogP contribution in [0.2, 0.25) is 0 Å². The topological polar surface area (TPSA) is 113 Å². The molecule has 5 atom stereocenters. The minimum Gasteiger partial charge on any atom is -0.461 e. The quantitative estimate of drug-likeness (QED) is 0.312. The first-order chi connectivity index (χ1) is 20.0. The number of ether oxygens (including phenoxy) is 3. The monoisotopic (exact) mass is 574 g/mol. The van der Waals surface area contributed by atoms with Crippen molar-refractivity contribution in [3.05, 3.63) is 71.3 Å². The van der Waals surface area contributed by atoms with Gasteiger partial charge in [0.1, 0.15) is 30.4 Å². The second kappa shape index (κ2) is 11.5. The van der Waals surface area contributed by atoms with E-state index in [4.69, 9.17) is 14.2 Å². The molecular weight excluding hydrogens is 536 g/mol. The molecule has 3 unspecified atom stereocenters. The van der Waals surface area contributed by atoms with E-state index < -0.39 is 46.2 Å². The van der Waals surface area contributed by atoms with Crippen LogP contribution in [0.5, 0.6) is 0 Å². The Hall–Kier alpha value is -3.81. The fourth-order valence-corrected chi connectivity index (χ4v) is 7.72. The first-order valence-electron chi connectivity index (χ1n) is 14.7. The molecule has 42 heavy (non-hydrogen) atoms. The molecular formula is C34H38O8. The summed E-state index contributed by atoms with van der Waals surface area (Å²) in [5.74, 6) is -3.56. The van der Waals surface area contributed by atoms with Crippen LogP contribution in [0.25, 0.3) is 0 Å². The molecule has 8 heteroatoms. The predicted molar refractivity (Wildman–Crippen MR) is 152 cm³/mol. The molecule has 0 amide bonds. The lowest BCUT2D eigenvalue weighted by Gasteiger charge is -2.54. The number of ketones is 2. The lowest BCUT2D eigenvalue weighted by molar-refractivity contribution is -0.198. The van der Waals surface area contributed by atoms with Gasteiger partial charge < -0.3 is 14.2 Å². The van der Waals surface area contributed by atoms with Gasteiger partial charge in [0, 0.05) is 31.1 Å². The molecule has 5 rings (SSSR count). The molecule has 0 spiro atoms. The third-order valence-electron chi connectivity index (χ3n) is 9.84. The van der Waals surface area contributed by atoms with Crippen molar-refractivity contribution in [2.24, 2.45) is 22.7 Å². The van der Waals surface area contributed by atoms with Crippen LogP contribution in [0.15, 0.2) is 54.6 Å². The summed E-state index contributed by atoms with van der Waals surface area (Å²) in [6, 6.07) is 16.8. The van der Waals surface area contributed by atoms with Crippen LogP contribution in [-0.2, 0) is 51.4 Å². The van der Waals surface area contributed by atoms with Crippen molar-refractivity contribution in [3.8, 4) is 0 Å². The molecule has 1 saturated heterocycles. The zero-order valence-electron chi connectivity index (χ0n) is 24.5. The van der Waals surface area contributed by atoms with Crippen LogP contribution in [0.3, 0.4) is 0 Å². The fourth-order valence-electron chi connectivity index (χ4n) is 7.72. The number of aryl methyl sites for hydroxylation is 1. The smallest absolute Gasteiger partial charge is 0.313 e. The Bertz CT molecular complexity index is 1400. The molecule has 8 nitrogen and oxygen atoms in total. The van der Waals surface area contributed by atoms with E-state index in [0.717, 1.165) is 16.7 Å². The average molecular weight is 575 g/mol. The van der Waals surface area contributed by atoms with Gasteiger partial charge in [0.25, 0.3) is 0 Å². The second-order valence-electron chi connectivity index (χ2n) is 12.5. The van der Waals surface area contributed by atoms with Crippen LogP contribution in [0.4, 0.5) is 0 Å². The highest BCUT2D eigenvalue weighted by Crippen LogP contribution is 2.64. The minimum absolute atomic E-state index is 0.00351. The number of carbonyl (C=O) groups excluding carboxylic acids is 5. The molecule has 1 aliphatic heterocycles. The SMILES string of the molecule is Cc1ccccc1COC(=O)CC[C@@]1(C)OC(=O)CCC2(C(=O)OCc3ccccc3)C1C(=O)C[C@]1(C)C(=O)CCC21. The van der Waals surface area contributed by atoms with Gasteiger partial charge in [0.2, 0.25) is 0 Å². The molecule has 0 N–H and O–H groups in total. The van der Waals surface area contributed by atoms with Crippen molar-refractivity contribution in [3.63, 3.8) is 0 Å². The third-order valence-corrected chi connectivity index (χ3v) is 9.84. The van der Waals surface area contributed by atoms with E-state index in [2.05, 4.69) is 0 Å². The fraction of sp³-hybridized carbons (Fsp3) is 0.500. The van der Waals surface area contributed by atoms with Crippen molar-refractivity contribution >= 4 is 29.5 Å². The van der Waals surface area contributed by atoms with Gasteiger partial charge in [0.15, 0.2) is 0 Å². The van der Waals surface area contributed by atoms with Gasteiger partial charge in [-0.25, -0.2) is 0 Å². The van der Waals surface area contributed by atoms with Crippen LogP contribution in [0, 0.1) is 29.6 Å². The van der Waals surface area contributed by atoms with E-state index in [0.29, 0.717) is 6.42 Å². The molecule has 0 aromatic heterocycles. The van der Waals surface area contributed by atoms with E-state index in [-0.39, 0.29) is 63.3 Å². The second-order valence-corrected chi connectivity index (χ2v) is 12.5.